The lowest BCUT2D eigenvalue weighted by molar-refractivity contribution is 0.238. The maximum atomic E-state index is 6.32. The van der Waals surface area contributed by atoms with Gasteiger partial charge in [0.25, 0.3) is 0 Å². The number of ether oxygens (including phenoxy) is 1. The van der Waals surface area contributed by atoms with Crippen LogP contribution in [-0.4, -0.2) is 6.10 Å². The molecule has 2 heteroatoms. The first kappa shape index (κ1) is 13.6. The van der Waals surface area contributed by atoms with E-state index < -0.39 is 0 Å². The highest BCUT2D eigenvalue weighted by molar-refractivity contribution is 5.37. The van der Waals surface area contributed by atoms with Crippen LogP contribution in [0.4, 0.5) is 0 Å². The molecule has 0 fully saturated rings. The number of hydrogen-bond acceptors (Lipinski definition) is 2. The van der Waals surface area contributed by atoms with Crippen molar-refractivity contribution >= 4 is 0 Å². The van der Waals surface area contributed by atoms with E-state index in [0.717, 1.165) is 17.7 Å². The highest BCUT2D eigenvalue weighted by atomic mass is 16.5. The van der Waals surface area contributed by atoms with Crippen LogP contribution >= 0.6 is 0 Å². The normalized spacial score (nSPS) is 12.4. The molecule has 2 aromatic carbocycles. The topological polar surface area (TPSA) is 35.2 Å². The van der Waals surface area contributed by atoms with Gasteiger partial charge in [0.15, 0.2) is 0 Å². The van der Waals surface area contributed by atoms with Gasteiger partial charge in [0.05, 0.1) is 6.10 Å². The van der Waals surface area contributed by atoms with E-state index in [1.165, 1.54) is 5.56 Å². The summed E-state index contributed by atoms with van der Waals surface area (Å²) in [6, 6.07) is 18.3. The van der Waals surface area contributed by atoms with E-state index in [4.69, 9.17) is 10.5 Å². The fourth-order valence-corrected chi connectivity index (χ4v) is 2.13. The quantitative estimate of drug-likeness (QED) is 0.883. The van der Waals surface area contributed by atoms with E-state index in [-0.39, 0.29) is 12.1 Å². The lowest BCUT2D eigenvalue weighted by Gasteiger charge is -2.18. The Morgan fingerprint density at radius 1 is 0.947 bits per heavy atom. The summed E-state index contributed by atoms with van der Waals surface area (Å²) < 4.78 is 5.82. The zero-order valence-corrected chi connectivity index (χ0v) is 11.5. The van der Waals surface area contributed by atoms with Crippen LogP contribution < -0.4 is 10.5 Å². The second-order valence-corrected chi connectivity index (χ2v) is 5.00. The molecule has 0 radical (unpaired) electrons. The molecular weight excluding hydrogens is 234 g/mol. The van der Waals surface area contributed by atoms with Gasteiger partial charge >= 0.3 is 0 Å². The van der Waals surface area contributed by atoms with Gasteiger partial charge in [-0.3, -0.25) is 0 Å². The average molecular weight is 255 g/mol. The number of benzene rings is 2. The van der Waals surface area contributed by atoms with Gasteiger partial charge < -0.3 is 10.5 Å². The molecule has 0 spiro atoms. The van der Waals surface area contributed by atoms with Gasteiger partial charge in [0.1, 0.15) is 5.75 Å². The molecule has 2 aromatic rings. The van der Waals surface area contributed by atoms with Gasteiger partial charge in [-0.25, -0.2) is 0 Å². The molecule has 0 aliphatic rings. The number of nitrogens with two attached hydrogens (primary N) is 1. The molecule has 0 saturated carbocycles. The fraction of sp³-hybridized carbons (Fsp3) is 0.294. The van der Waals surface area contributed by atoms with Gasteiger partial charge in [-0.15, -0.1) is 0 Å². The van der Waals surface area contributed by atoms with Crippen molar-refractivity contribution in [3.8, 4) is 5.75 Å². The van der Waals surface area contributed by atoms with Crippen molar-refractivity contribution in [2.24, 2.45) is 5.73 Å². The molecule has 0 aliphatic carbocycles. The summed E-state index contributed by atoms with van der Waals surface area (Å²) in [5, 5.41) is 0. The van der Waals surface area contributed by atoms with Crippen molar-refractivity contribution in [1.82, 2.24) is 0 Å². The molecule has 0 saturated heterocycles. The minimum absolute atomic E-state index is 0.0441. The van der Waals surface area contributed by atoms with Crippen LogP contribution in [0.3, 0.4) is 0 Å². The smallest absolute Gasteiger partial charge is 0.124 e. The summed E-state index contributed by atoms with van der Waals surface area (Å²) in [5.74, 6) is 0.890. The van der Waals surface area contributed by atoms with E-state index in [0.29, 0.717) is 0 Å². The van der Waals surface area contributed by atoms with Gasteiger partial charge in [0.2, 0.25) is 0 Å². The third-order valence-electron chi connectivity index (χ3n) is 2.98. The zero-order valence-electron chi connectivity index (χ0n) is 11.5. The maximum absolute atomic E-state index is 6.32. The predicted molar refractivity (Wildman–Crippen MR) is 79.3 cm³/mol. The van der Waals surface area contributed by atoms with Gasteiger partial charge in [-0.2, -0.15) is 0 Å². The van der Waals surface area contributed by atoms with Crippen LogP contribution in [0, 0.1) is 0 Å². The molecule has 2 N–H and O–H groups in total. The van der Waals surface area contributed by atoms with Crippen LogP contribution in [0.5, 0.6) is 5.75 Å². The van der Waals surface area contributed by atoms with Crippen LogP contribution in [0.25, 0.3) is 0 Å². The predicted octanol–water partition coefficient (Wildman–Crippen LogP) is 3.72. The molecule has 19 heavy (non-hydrogen) atoms. The summed E-state index contributed by atoms with van der Waals surface area (Å²) in [7, 11) is 0. The van der Waals surface area contributed by atoms with Gasteiger partial charge in [-0.05, 0) is 31.9 Å². The molecule has 1 unspecified atom stereocenters. The standard InChI is InChI=1S/C17H21NO/c1-13(2)19-17-11-7-6-10-15(17)16(18)12-14-8-4-3-5-9-14/h3-11,13,16H,12,18H2,1-2H3. The maximum Gasteiger partial charge on any atom is 0.124 e. The Hall–Kier alpha value is -1.80. The van der Waals surface area contributed by atoms with Crippen molar-refractivity contribution in [2.45, 2.75) is 32.4 Å². The first-order valence-electron chi connectivity index (χ1n) is 6.72. The minimum atomic E-state index is -0.0441. The molecule has 0 aliphatic heterocycles. The van der Waals surface area contributed by atoms with Gasteiger partial charge in [0, 0.05) is 11.6 Å². The SMILES string of the molecule is CC(C)Oc1ccccc1C(N)Cc1ccccc1. The summed E-state index contributed by atoms with van der Waals surface area (Å²) in [5.41, 5.74) is 8.64. The van der Waals surface area contributed by atoms with E-state index in [1.807, 2.05) is 56.3 Å². The molecule has 100 valence electrons. The highest BCUT2D eigenvalue weighted by Gasteiger charge is 2.13. The lowest BCUT2D eigenvalue weighted by atomic mass is 9.99. The Kier molecular flexibility index (Phi) is 4.58. The Morgan fingerprint density at radius 3 is 2.26 bits per heavy atom. The van der Waals surface area contributed by atoms with E-state index >= 15 is 0 Å². The van der Waals surface area contributed by atoms with Crippen molar-refractivity contribution in [3.05, 3.63) is 65.7 Å². The summed E-state index contributed by atoms with van der Waals surface area (Å²) in [6.45, 7) is 4.05. The van der Waals surface area contributed by atoms with Crippen molar-refractivity contribution in [1.29, 1.82) is 0 Å². The first-order valence-corrected chi connectivity index (χ1v) is 6.72. The highest BCUT2D eigenvalue weighted by Crippen LogP contribution is 2.26. The van der Waals surface area contributed by atoms with E-state index in [9.17, 15) is 0 Å². The molecule has 1 atom stereocenters. The summed E-state index contributed by atoms with van der Waals surface area (Å²) in [6.07, 6.45) is 0.976. The third-order valence-corrected chi connectivity index (χ3v) is 2.98. The zero-order chi connectivity index (χ0) is 13.7. The Morgan fingerprint density at radius 2 is 1.58 bits per heavy atom. The third kappa shape index (κ3) is 3.83. The summed E-state index contributed by atoms with van der Waals surface area (Å²) >= 11 is 0. The lowest BCUT2D eigenvalue weighted by Crippen LogP contribution is -2.16. The minimum Gasteiger partial charge on any atom is -0.491 e. The molecule has 2 nitrogen and oxygen atoms in total. The molecule has 0 aromatic heterocycles. The van der Waals surface area contributed by atoms with Crippen LogP contribution in [0.1, 0.15) is 31.0 Å². The van der Waals surface area contributed by atoms with Gasteiger partial charge in [-0.1, -0.05) is 48.5 Å². The van der Waals surface area contributed by atoms with Crippen molar-refractivity contribution in [3.63, 3.8) is 0 Å². The van der Waals surface area contributed by atoms with Crippen molar-refractivity contribution in [2.75, 3.05) is 0 Å². The van der Waals surface area contributed by atoms with Crippen LogP contribution in [0.2, 0.25) is 0 Å². The number of rotatable bonds is 5. The second kappa shape index (κ2) is 6.39. The van der Waals surface area contributed by atoms with E-state index in [2.05, 4.69) is 12.1 Å². The molecule has 0 heterocycles. The largest absolute Gasteiger partial charge is 0.491 e. The first-order chi connectivity index (χ1) is 9.16. The molecule has 0 amide bonds. The monoisotopic (exact) mass is 255 g/mol. The molecular formula is C17H21NO. The second-order valence-electron chi connectivity index (χ2n) is 5.00. The Balaban J connectivity index is 2.16. The number of hydrogen-bond donors (Lipinski definition) is 1. The van der Waals surface area contributed by atoms with Crippen molar-refractivity contribution < 1.29 is 4.74 Å². The molecule has 0 bridgehead atoms. The van der Waals surface area contributed by atoms with E-state index in [1.54, 1.807) is 0 Å². The number of para-hydroxylation sites is 1. The summed E-state index contributed by atoms with van der Waals surface area (Å²) in [4.78, 5) is 0. The Labute approximate surface area is 115 Å². The van der Waals surface area contributed by atoms with Crippen LogP contribution in [-0.2, 0) is 6.42 Å². The average Bonchev–Trinajstić information content (AvgIpc) is 2.39. The van der Waals surface area contributed by atoms with Crippen LogP contribution in [0.15, 0.2) is 54.6 Å². The fourth-order valence-electron chi connectivity index (χ4n) is 2.13. The Bertz CT molecular complexity index is 508. The molecule has 2 rings (SSSR count).